The SMILES string of the molecule is c1ccc(-c2nc(-c3ccccc3)nc(-n3c4ccccc4c4c5oc6ccc7c8ccccc8oc7c6c5ccc43)n2)cc1. The van der Waals surface area contributed by atoms with E-state index in [1.165, 1.54) is 0 Å². The number of hydrogen-bond acceptors (Lipinski definition) is 5. The summed E-state index contributed by atoms with van der Waals surface area (Å²) in [5.74, 6) is 1.77. The Morgan fingerprint density at radius 3 is 1.76 bits per heavy atom. The molecule has 6 nitrogen and oxygen atoms in total. The fraction of sp³-hybridized carbons (Fsp3) is 0. The van der Waals surface area contributed by atoms with Crippen molar-refractivity contribution in [1.82, 2.24) is 19.5 Å². The van der Waals surface area contributed by atoms with Crippen LogP contribution in [0.4, 0.5) is 0 Å². The molecule has 0 aliphatic heterocycles. The van der Waals surface area contributed by atoms with Crippen molar-refractivity contribution < 1.29 is 8.83 Å². The molecule has 0 unspecified atom stereocenters. The fourth-order valence-corrected chi connectivity index (χ4v) is 6.67. The van der Waals surface area contributed by atoms with Gasteiger partial charge in [0, 0.05) is 32.7 Å². The van der Waals surface area contributed by atoms with Crippen molar-refractivity contribution in [3.63, 3.8) is 0 Å². The molecule has 10 rings (SSSR count). The van der Waals surface area contributed by atoms with Crippen LogP contribution < -0.4 is 0 Å². The first-order chi connectivity index (χ1) is 22.3. The van der Waals surface area contributed by atoms with Gasteiger partial charge in [0.05, 0.1) is 21.8 Å². The largest absolute Gasteiger partial charge is 0.455 e. The Labute approximate surface area is 255 Å². The van der Waals surface area contributed by atoms with Crippen LogP contribution in [0.3, 0.4) is 0 Å². The number of aromatic nitrogens is 4. The molecule has 4 aromatic heterocycles. The zero-order chi connectivity index (χ0) is 29.5. The molecule has 0 aliphatic rings. The molecule has 0 N–H and O–H groups in total. The number of fused-ring (bicyclic) bond motifs is 11. The molecular weight excluding hydrogens is 556 g/mol. The highest BCUT2D eigenvalue weighted by Gasteiger charge is 2.23. The van der Waals surface area contributed by atoms with E-state index in [0.717, 1.165) is 76.8 Å². The Hall–Kier alpha value is -6.27. The minimum Gasteiger partial charge on any atom is -0.455 e. The molecule has 6 aromatic carbocycles. The van der Waals surface area contributed by atoms with Gasteiger partial charge < -0.3 is 8.83 Å². The van der Waals surface area contributed by atoms with Crippen molar-refractivity contribution >= 4 is 65.7 Å². The number of benzene rings is 6. The lowest BCUT2D eigenvalue weighted by Gasteiger charge is -2.10. The summed E-state index contributed by atoms with van der Waals surface area (Å²) in [6, 6.07) is 45.0. The van der Waals surface area contributed by atoms with Gasteiger partial charge in [0.1, 0.15) is 22.3 Å². The van der Waals surface area contributed by atoms with E-state index in [1.54, 1.807) is 0 Å². The number of rotatable bonds is 3. The van der Waals surface area contributed by atoms with Crippen LogP contribution in [0, 0.1) is 0 Å². The van der Waals surface area contributed by atoms with E-state index in [-0.39, 0.29) is 0 Å². The fourth-order valence-electron chi connectivity index (χ4n) is 6.67. The molecule has 0 saturated heterocycles. The second kappa shape index (κ2) is 9.11. The van der Waals surface area contributed by atoms with E-state index in [1.807, 2.05) is 84.9 Å². The second-order valence-corrected chi connectivity index (χ2v) is 11.2. The zero-order valence-corrected chi connectivity index (χ0v) is 23.8. The van der Waals surface area contributed by atoms with Crippen LogP contribution in [0.15, 0.2) is 142 Å². The van der Waals surface area contributed by atoms with E-state index in [2.05, 4.69) is 53.1 Å². The highest BCUT2D eigenvalue weighted by Crippen LogP contribution is 2.44. The maximum atomic E-state index is 6.69. The van der Waals surface area contributed by atoms with Crippen molar-refractivity contribution in [2.45, 2.75) is 0 Å². The first-order valence-electron chi connectivity index (χ1n) is 14.9. The standard InChI is InChI=1S/C39H22N4O2/c1-3-11-23(12-4-1)37-40-38(24-13-5-2-6-14-24)42-39(41-37)43-29-17-9-7-16-27(29)33-30(43)21-19-28-34-32(45-36(28)33)22-20-26-25-15-8-10-18-31(25)44-35(26)34/h1-22H. The highest BCUT2D eigenvalue weighted by molar-refractivity contribution is 6.28. The van der Waals surface area contributed by atoms with Gasteiger partial charge in [0.2, 0.25) is 5.95 Å². The third-order valence-electron chi connectivity index (χ3n) is 8.67. The lowest BCUT2D eigenvalue weighted by molar-refractivity contribution is 0.665. The molecule has 0 fully saturated rings. The van der Waals surface area contributed by atoms with Crippen LogP contribution >= 0.6 is 0 Å². The van der Waals surface area contributed by atoms with E-state index in [9.17, 15) is 0 Å². The maximum Gasteiger partial charge on any atom is 0.238 e. The first-order valence-corrected chi connectivity index (χ1v) is 14.9. The Balaban J connectivity index is 1.31. The van der Waals surface area contributed by atoms with Crippen LogP contribution in [0.1, 0.15) is 0 Å². The van der Waals surface area contributed by atoms with E-state index in [4.69, 9.17) is 23.8 Å². The summed E-state index contributed by atoms with van der Waals surface area (Å²) in [7, 11) is 0. The lowest BCUT2D eigenvalue weighted by atomic mass is 10.1. The van der Waals surface area contributed by atoms with Gasteiger partial charge in [0.15, 0.2) is 11.6 Å². The van der Waals surface area contributed by atoms with Crippen LogP contribution in [0.25, 0.3) is 94.4 Å². The molecule has 0 saturated carbocycles. The van der Waals surface area contributed by atoms with Gasteiger partial charge >= 0.3 is 0 Å². The average Bonchev–Trinajstić information content (AvgIpc) is 3.78. The first kappa shape index (κ1) is 24.2. The van der Waals surface area contributed by atoms with Gasteiger partial charge in [-0.1, -0.05) is 97.1 Å². The van der Waals surface area contributed by atoms with Gasteiger partial charge in [-0.05, 0) is 36.4 Å². The Kier molecular flexibility index (Phi) is 4.90. The molecule has 6 heteroatoms. The predicted octanol–water partition coefficient (Wildman–Crippen LogP) is 10.1. The number of hydrogen-bond donors (Lipinski definition) is 0. The van der Waals surface area contributed by atoms with Crippen LogP contribution in [0.5, 0.6) is 0 Å². The van der Waals surface area contributed by atoms with Gasteiger partial charge in [0.25, 0.3) is 0 Å². The number of nitrogens with zero attached hydrogens (tertiary/aromatic N) is 4. The monoisotopic (exact) mass is 578 g/mol. The van der Waals surface area contributed by atoms with Crippen molar-refractivity contribution in [3.05, 3.63) is 133 Å². The van der Waals surface area contributed by atoms with Crippen LogP contribution in [0.2, 0.25) is 0 Å². The summed E-state index contributed by atoms with van der Waals surface area (Å²) in [6.45, 7) is 0. The van der Waals surface area contributed by atoms with Crippen molar-refractivity contribution in [3.8, 4) is 28.7 Å². The van der Waals surface area contributed by atoms with E-state index < -0.39 is 0 Å². The number of furan rings is 2. The molecule has 45 heavy (non-hydrogen) atoms. The summed E-state index contributed by atoms with van der Waals surface area (Å²) in [5.41, 5.74) is 7.09. The van der Waals surface area contributed by atoms with Gasteiger partial charge in [-0.15, -0.1) is 0 Å². The minimum atomic E-state index is 0.545. The summed E-state index contributed by atoms with van der Waals surface area (Å²) < 4.78 is 15.2. The molecule has 4 heterocycles. The number of para-hydroxylation sites is 2. The molecule has 0 amide bonds. The Morgan fingerprint density at radius 1 is 0.400 bits per heavy atom. The minimum absolute atomic E-state index is 0.545. The van der Waals surface area contributed by atoms with Gasteiger partial charge in [-0.25, -0.2) is 4.98 Å². The van der Waals surface area contributed by atoms with E-state index in [0.29, 0.717) is 17.6 Å². The third-order valence-corrected chi connectivity index (χ3v) is 8.67. The van der Waals surface area contributed by atoms with Crippen LogP contribution in [-0.2, 0) is 0 Å². The lowest BCUT2D eigenvalue weighted by Crippen LogP contribution is -2.06. The predicted molar refractivity (Wildman–Crippen MR) is 180 cm³/mol. The normalized spacial score (nSPS) is 12.0. The molecule has 0 spiro atoms. The van der Waals surface area contributed by atoms with Crippen molar-refractivity contribution in [1.29, 1.82) is 0 Å². The van der Waals surface area contributed by atoms with Crippen molar-refractivity contribution in [2.24, 2.45) is 0 Å². The molecule has 0 aliphatic carbocycles. The molecule has 10 aromatic rings. The molecule has 0 atom stereocenters. The summed E-state index contributed by atoms with van der Waals surface area (Å²) in [5, 5.41) is 6.23. The van der Waals surface area contributed by atoms with Gasteiger partial charge in [-0.3, -0.25) is 4.57 Å². The summed E-state index contributed by atoms with van der Waals surface area (Å²) in [4.78, 5) is 15.0. The molecular formula is C39H22N4O2. The zero-order valence-electron chi connectivity index (χ0n) is 23.8. The Morgan fingerprint density at radius 2 is 1.00 bits per heavy atom. The van der Waals surface area contributed by atoms with Crippen LogP contribution in [-0.4, -0.2) is 19.5 Å². The summed E-state index contributed by atoms with van der Waals surface area (Å²) in [6.07, 6.45) is 0. The third kappa shape index (κ3) is 3.48. The van der Waals surface area contributed by atoms with Gasteiger partial charge in [-0.2, -0.15) is 9.97 Å². The Bertz CT molecular complexity index is 2700. The van der Waals surface area contributed by atoms with Crippen molar-refractivity contribution in [2.75, 3.05) is 0 Å². The molecule has 0 bridgehead atoms. The average molecular weight is 579 g/mol. The molecule has 0 radical (unpaired) electrons. The van der Waals surface area contributed by atoms with E-state index >= 15 is 0 Å². The maximum absolute atomic E-state index is 6.69. The quantitative estimate of drug-likeness (QED) is 0.209. The smallest absolute Gasteiger partial charge is 0.238 e. The topological polar surface area (TPSA) is 69.9 Å². The second-order valence-electron chi connectivity index (χ2n) is 11.2. The summed E-state index contributed by atoms with van der Waals surface area (Å²) >= 11 is 0. The highest BCUT2D eigenvalue weighted by atomic mass is 16.3. The molecule has 210 valence electrons.